The van der Waals surface area contributed by atoms with E-state index in [0.29, 0.717) is 5.69 Å². The van der Waals surface area contributed by atoms with Crippen molar-refractivity contribution >= 4 is 32.5 Å². The van der Waals surface area contributed by atoms with E-state index in [0.717, 1.165) is 20.9 Å². The van der Waals surface area contributed by atoms with Gasteiger partial charge in [-0.3, -0.25) is 4.79 Å². The van der Waals surface area contributed by atoms with Crippen molar-refractivity contribution in [1.29, 1.82) is 0 Å². The van der Waals surface area contributed by atoms with Crippen molar-refractivity contribution in [1.82, 2.24) is 8.87 Å². The molecule has 1 heterocycles. The number of amides is 1. The number of carbonyl (C=O) groups is 1. The Bertz CT molecular complexity index is 1130. The van der Waals surface area contributed by atoms with E-state index in [9.17, 15) is 13.2 Å². The van der Waals surface area contributed by atoms with Gasteiger partial charge in [0.05, 0.1) is 7.11 Å². The molecular weight excluding hydrogens is 378 g/mol. The molecule has 1 amide bonds. The van der Waals surface area contributed by atoms with Crippen molar-refractivity contribution in [2.45, 2.75) is 18.4 Å². The molecule has 0 fully saturated rings. The molecule has 0 spiro atoms. The molecule has 8 heteroatoms. The summed E-state index contributed by atoms with van der Waals surface area (Å²) in [6.45, 7) is 2.07. The highest BCUT2D eigenvalue weighted by Gasteiger charge is 2.23. The number of nitrogens with one attached hydrogen (secondary N) is 1. The van der Waals surface area contributed by atoms with Crippen molar-refractivity contribution in [3.05, 3.63) is 54.2 Å². The zero-order valence-electron chi connectivity index (χ0n) is 16.3. The summed E-state index contributed by atoms with van der Waals surface area (Å²) in [4.78, 5) is 12.6. The number of hydrogen-bond donors (Lipinski definition) is 1. The molecule has 3 rings (SSSR count). The highest BCUT2D eigenvalue weighted by Crippen LogP contribution is 2.29. The first-order valence-electron chi connectivity index (χ1n) is 8.69. The fourth-order valence-electron chi connectivity index (χ4n) is 3.06. The number of sulfonamides is 1. The molecule has 1 aromatic heterocycles. The lowest BCUT2D eigenvalue weighted by Gasteiger charge is -2.16. The molecule has 0 aliphatic carbocycles. The van der Waals surface area contributed by atoms with E-state index in [1.54, 1.807) is 6.07 Å². The highest BCUT2D eigenvalue weighted by atomic mass is 32.2. The summed E-state index contributed by atoms with van der Waals surface area (Å²) in [6, 6.07) is 14.4. The molecule has 0 saturated heterocycles. The van der Waals surface area contributed by atoms with Crippen LogP contribution in [-0.2, 0) is 21.4 Å². The lowest BCUT2D eigenvalue weighted by Crippen LogP contribution is -2.23. The highest BCUT2D eigenvalue weighted by molar-refractivity contribution is 7.89. The minimum absolute atomic E-state index is 0.000365. The summed E-state index contributed by atoms with van der Waals surface area (Å²) in [5.41, 5.74) is 2.34. The van der Waals surface area contributed by atoms with Crippen LogP contribution >= 0.6 is 0 Å². The first-order chi connectivity index (χ1) is 13.2. The molecule has 0 aliphatic heterocycles. The maximum absolute atomic E-state index is 12.6. The predicted molar refractivity (Wildman–Crippen MR) is 109 cm³/mol. The third-order valence-electron chi connectivity index (χ3n) is 4.53. The zero-order valence-corrected chi connectivity index (χ0v) is 17.1. The van der Waals surface area contributed by atoms with Gasteiger partial charge in [-0.25, -0.2) is 12.7 Å². The fraction of sp³-hybridized carbons (Fsp3) is 0.250. The summed E-state index contributed by atoms with van der Waals surface area (Å²) < 4.78 is 33.2. The summed E-state index contributed by atoms with van der Waals surface area (Å²) in [7, 11) is 0.582. The maximum atomic E-state index is 12.6. The van der Waals surface area contributed by atoms with E-state index in [2.05, 4.69) is 5.32 Å². The van der Waals surface area contributed by atoms with Gasteiger partial charge in [-0.2, -0.15) is 0 Å². The number of methoxy groups -OCH3 is 1. The van der Waals surface area contributed by atoms with Crippen LogP contribution < -0.4 is 10.1 Å². The summed E-state index contributed by atoms with van der Waals surface area (Å²) in [5.74, 6) is -0.0261. The SMILES string of the molecule is COc1ccc(NC(=O)Cn2c(C)cc3ccccc32)cc1S(=O)(=O)N(C)C. The van der Waals surface area contributed by atoms with E-state index in [1.807, 2.05) is 41.8 Å². The molecule has 148 valence electrons. The van der Waals surface area contributed by atoms with Gasteiger partial charge >= 0.3 is 0 Å². The van der Waals surface area contributed by atoms with E-state index >= 15 is 0 Å². The second-order valence-corrected chi connectivity index (χ2v) is 8.75. The third-order valence-corrected chi connectivity index (χ3v) is 6.36. The lowest BCUT2D eigenvalue weighted by molar-refractivity contribution is -0.116. The maximum Gasteiger partial charge on any atom is 0.246 e. The van der Waals surface area contributed by atoms with Gasteiger partial charge in [-0.15, -0.1) is 0 Å². The van der Waals surface area contributed by atoms with E-state index < -0.39 is 10.0 Å². The number of aryl methyl sites for hydroxylation is 1. The molecule has 0 saturated carbocycles. The minimum Gasteiger partial charge on any atom is -0.495 e. The Kier molecular flexibility index (Phi) is 5.44. The van der Waals surface area contributed by atoms with Crippen molar-refractivity contribution in [3.63, 3.8) is 0 Å². The number of fused-ring (bicyclic) bond motifs is 1. The average Bonchev–Trinajstić information content (AvgIpc) is 2.97. The van der Waals surface area contributed by atoms with Crippen LogP contribution in [0.3, 0.4) is 0 Å². The smallest absolute Gasteiger partial charge is 0.246 e. The van der Waals surface area contributed by atoms with Gasteiger partial charge in [-0.1, -0.05) is 18.2 Å². The quantitative estimate of drug-likeness (QED) is 0.689. The standard InChI is InChI=1S/C20H23N3O4S/c1-14-11-15-7-5-6-8-17(15)23(14)13-20(24)21-16-9-10-18(27-4)19(12-16)28(25,26)22(2)3/h5-12H,13H2,1-4H3,(H,21,24). The molecular formula is C20H23N3O4S. The van der Waals surface area contributed by atoms with Crippen LogP contribution in [-0.4, -0.2) is 44.4 Å². The third kappa shape index (κ3) is 3.74. The van der Waals surface area contributed by atoms with Gasteiger partial charge in [-0.05, 0) is 42.6 Å². The second kappa shape index (κ2) is 7.65. The van der Waals surface area contributed by atoms with Crippen molar-refractivity contribution in [2.24, 2.45) is 0 Å². The molecule has 1 N–H and O–H groups in total. The number of carbonyl (C=O) groups excluding carboxylic acids is 1. The van der Waals surface area contributed by atoms with Gasteiger partial charge in [0.25, 0.3) is 0 Å². The molecule has 0 aliphatic rings. The van der Waals surface area contributed by atoms with E-state index in [-0.39, 0.29) is 23.1 Å². The van der Waals surface area contributed by atoms with Crippen LogP contribution in [0.1, 0.15) is 5.69 Å². The zero-order chi connectivity index (χ0) is 20.5. The minimum atomic E-state index is -3.71. The molecule has 0 radical (unpaired) electrons. The predicted octanol–water partition coefficient (Wildman–Crippen LogP) is 2.85. The first kappa shape index (κ1) is 19.9. The molecule has 0 bridgehead atoms. The van der Waals surface area contributed by atoms with Crippen molar-refractivity contribution in [2.75, 3.05) is 26.5 Å². The Balaban J connectivity index is 1.87. The van der Waals surface area contributed by atoms with E-state index in [1.165, 1.54) is 33.3 Å². The number of ether oxygens (including phenoxy) is 1. The monoisotopic (exact) mass is 401 g/mol. The Morgan fingerprint density at radius 2 is 1.86 bits per heavy atom. The number of nitrogens with zero attached hydrogens (tertiary/aromatic N) is 2. The molecule has 2 aromatic carbocycles. The van der Waals surface area contributed by atoms with Crippen LogP contribution in [0.25, 0.3) is 10.9 Å². The van der Waals surface area contributed by atoms with Gasteiger partial charge < -0.3 is 14.6 Å². The van der Waals surface area contributed by atoms with E-state index in [4.69, 9.17) is 4.74 Å². The average molecular weight is 401 g/mol. The Labute approximate surface area is 164 Å². The first-order valence-corrected chi connectivity index (χ1v) is 10.1. The van der Waals surface area contributed by atoms with Crippen LogP contribution in [0.15, 0.2) is 53.4 Å². The molecule has 28 heavy (non-hydrogen) atoms. The van der Waals surface area contributed by atoms with Crippen molar-refractivity contribution in [3.8, 4) is 5.75 Å². The van der Waals surface area contributed by atoms with Crippen molar-refractivity contribution < 1.29 is 17.9 Å². The molecule has 3 aromatic rings. The second-order valence-electron chi connectivity index (χ2n) is 6.63. The van der Waals surface area contributed by atoms with Crippen LogP contribution in [0.5, 0.6) is 5.75 Å². The number of aromatic nitrogens is 1. The van der Waals surface area contributed by atoms with Gasteiger partial charge in [0, 0.05) is 31.0 Å². The van der Waals surface area contributed by atoms with Gasteiger partial charge in [0.1, 0.15) is 17.2 Å². The largest absolute Gasteiger partial charge is 0.495 e. The Morgan fingerprint density at radius 3 is 2.54 bits per heavy atom. The normalized spacial score (nSPS) is 11.8. The Morgan fingerprint density at radius 1 is 1.14 bits per heavy atom. The summed E-state index contributed by atoms with van der Waals surface area (Å²) in [6.07, 6.45) is 0. The van der Waals surface area contributed by atoms with Crippen LogP contribution in [0, 0.1) is 6.92 Å². The molecule has 7 nitrogen and oxygen atoms in total. The molecule has 0 atom stereocenters. The number of hydrogen-bond acceptors (Lipinski definition) is 4. The van der Waals surface area contributed by atoms with Gasteiger partial charge in [0.2, 0.25) is 15.9 Å². The van der Waals surface area contributed by atoms with Gasteiger partial charge in [0.15, 0.2) is 0 Å². The Hall–Kier alpha value is -2.84. The van der Waals surface area contributed by atoms with Crippen LogP contribution in [0.2, 0.25) is 0 Å². The number of rotatable bonds is 6. The number of benzene rings is 2. The lowest BCUT2D eigenvalue weighted by atomic mass is 10.2. The fourth-order valence-corrected chi connectivity index (χ4v) is 4.13. The number of para-hydroxylation sites is 1. The summed E-state index contributed by atoms with van der Waals surface area (Å²) in [5, 5.41) is 3.84. The topological polar surface area (TPSA) is 80.6 Å². The molecule has 0 unspecified atom stereocenters. The van der Waals surface area contributed by atoms with Crippen LogP contribution in [0.4, 0.5) is 5.69 Å². The summed E-state index contributed by atoms with van der Waals surface area (Å²) >= 11 is 0. The number of anilines is 1.